The van der Waals surface area contributed by atoms with Crippen molar-refractivity contribution >= 4 is 11.0 Å². The lowest BCUT2D eigenvalue weighted by Gasteiger charge is -2.25. The Balaban J connectivity index is 1.82. The van der Waals surface area contributed by atoms with Crippen LogP contribution >= 0.6 is 0 Å². The molecule has 1 aliphatic carbocycles. The molecule has 1 aromatic heterocycles. The van der Waals surface area contributed by atoms with Gasteiger partial charge in [0.1, 0.15) is 29.2 Å². The molecule has 0 N–H and O–H groups in total. The van der Waals surface area contributed by atoms with Gasteiger partial charge in [-0.3, -0.25) is 0 Å². The Morgan fingerprint density at radius 1 is 1.03 bits per heavy atom. The molecule has 1 atom stereocenters. The molecule has 3 aromatic rings. The van der Waals surface area contributed by atoms with E-state index in [1.165, 1.54) is 5.56 Å². The maximum atomic E-state index is 12.8. The molecule has 0 spiro atoms. The molecule has 6 heteroatoms. The first-order valence-corrected chi connectivity index (χ1v) is 9.38. The highest BCUT2D eigenvalue weighted by Crippen LogP contribution is 2.39. The van der Waals surface area contributed by atoms with Crippen LogP contribution in [0.25, 0.3) is 11.0 Å². The zero-order chi connectivity index (χ0) is 20.2. The van der Waals surface area contributed by atoms with Crippen molar-refractivity contribution in [3.8, 4) is 23.6 Å². The molecule has 0 bridgehead atoms. The summed E-state index contributed by atoms with van der Waals surface area (Å²) in [4.78, 5) is 12.8. The number of ether oxygens (including phenoxy) is 2. The number of hydrogen-bond acceptors (Lipinski definition) is 6. The molecule has 0 amide bonds. The van der Waals surface area contributed by atoms with Gasteiger partial charge in [-0.15, -0.1) is 0 Å². The first kappa shape index (κ1) is 18.6. The van der Waals surface area contributed by atoms with E-state index in [1.54, 1.807) is 12.1 Å². The van der Waals surface area contributed by atoms with Gasteiger partial charge in [-0.2, -0.15) is 10.5 Å². The fourth-order valence-corrected chi connectivity index (χ4v) is 3.96. The summed E-state index contributed by atoms with van der Waals surface area (Å²) in [6, 6.07) is 17.2. The fourth-order valence-electron chi connectivity index (χ4n) is 3.96. The molecule has 0 radical (unpaired) electrons. The standard InChI is InChI=1S/C23H18N2O4/c24-8-10-27-17-13-20(28-11-9-25)22-18-7-6-16(15-4-2-1-3-5-15)12-19(18)23(26)29-21(22)14-17/h1-5,13-14,16H,6-7,10-12H2. The minimum Gasteiger partial charge on any atom is -0.478 e. The van der Waals surface area contributed by atoms with Gasteiger partial charge in [0.2, 0.25) is 0 Å². The normalized spacial score (nSPS) is 15.2. The lowest BCUT2D eigenvalue weighted by Crippen LogP contribution is -2.21. The van der Waals surface area contributed by atoms with Gasteiger partial charge in [0.25, 0.3) is 0 Å². The molecule has 0 saturated carbocycles. The van der Waals surface area contributed by atoms with E-state index in [4.69, 9.17) is 24.4 Å². The average Bonchev–Trinajstić information content (AvgIpc) is 2.76. The van der Waals surface area contributed by atoms with Gasteiger partial charge in [0.15, 0.2) is 13.2 Å². The highest BCUT2D eigenvalue weighted by molar-refractivity contribution is 5.89. The summed E-state index contributed by atoms with van der Waals surface area (Å²) in [7, 11) is 0. The number of rotatable bonds is 5. The van der Waals surface area contributed by atoms with Crippen molar-refractivity contribution in [3.63, 3.8) is 0 Å². The van der Waals surface area contributed by atoms with Gasteiger partial charge >= 0.3 is 5.63 Å². The minimum atomic E-state index is -0.364. The van der Waals surface area contributed by atoms with Gasteiger partial charge in [-0.05, 0) is 36.3 Å². The van der Waals surface area contributed by atoms with E-state index in [0.717, 1.165) is 12.0 Å². The second kappa shape index (κ2) is 8.08. The minimum absolute atomic E-state index is 0.142. The van der Waals surface area contributed by atoms with Crippen LogP contribution in [0.5, 0.6) is 11.5 Å². The van der Waals surface area contributed by atoms with E-state index >= 15 is 0 Å². The van der Waals surface area contributed by atoms with E-state index in [-0.39, 0.29) is 24.8 Å². The van der Waals surface area contributed by atoms with E-state index in [1.807, 2.05) is 30.3 Å². The molecule has 0 fully saturated rings. The van der Waals surface area contributed by atoms with Gasteiger partial charge < -0.3 is 13.9 Å². The number of benzene rings is 2. The smallest absolute Gasteiger partial charge is 0.339 e. The summed E-state index contributed by atoms with van der Waals surface area (Å²) in [5.74, 6) is 1.04. The molecular weight excluding hydrogens is 368 g/mol. The Labute approximate surface area is 167 Å². The third kappa shape index (κ3) is 3.66. The van der Waals surface area contributed by atoms with Crippen molar-refractivity contribution in [2.75, 3.05) is 13.2 Å². The predicted octanol–water partition coefficient (Wildman–Crippen LogP) is 3.87. The average molecular weight is 386 g/mol. The van der Waals surface area contributed by atoms with Crippen molar-refractivity contribution < 1.29 is 13.9 Å². The molecule has 1 aliphatic rings. The Hall–Kier alpha value is -3.77. The summed E-state index contributed by atoms with van der Waals surface area (Å²) in [5, 5.41) is 18.4. The third-order valence-corrected chi connectivity index (χ3v) is 5.21. The highest BCUT2D eigenvalue weighted by Gasteiger charge is 2.27. The number of aryl methyl sites for hydroxylation is 1. The third-order valence-electron chi connectivity index (χ3n) is 5.21. The number of fused-ring (bicyclic) bond motifs is 3. The van der Waals surface area contributed by atoms with Crippen molar-refractivity contribution in [1.82, 2.24) is 0 Å². The second-order valence-electron chi connectivity index (χ2n) is 6.89. The molecule has 4 rings (SSSR count). The number of nitrogens with zero attached hydrogens (tertiary/aromatic N) is 2. The van der Waals surface area contributed by atoms with Crippen LogP contribution in [0.2, 0.25) is 0 Å². The van der Waals surface area contributed by atoms with E-state index in [9.17, 15) is 4.79 Å². The van der Waals surface area contributed by atoms with Gasteiger partial charge in [0.05, 0.1) is 5.39 Å². The fraction of sp³-hybridized carbons (Fsp3) is 0.261. The summed E-state index contributed by atoms with van der Waals surface area (Å²) < 4.78 is 16.6. The molecule has 0 aliphatic heterocycles. The Morgan fingerprint density at radius 3 is 2.55 bits per heavy atom. The molecule has 1 heterocycles. The van der Waals surface area contributed by atoms with Crippen LogP contribution < -0.4 is 15.1 Å². The molecule has 29 heavy (non-hydrogen) atoms. The van der Waals surface area contributed by atoms with E-state index < -0.39 is 0 Å². The van der Waals surface area contributed by atoms with Crippen molar-refractivity contribution in [2.24, 2.45) is 0 Å². The van der Waals surface area contributed by atoms with E-state index in [2.05, 4.69) is 12.1 Å². The summed E-state index contributed by atoms with van der Waals surface area (Å²) in [5.41, 5.74) is 2.75. The van der Waals surface area contributed by atoms with Crippen LogP contribution in [0.3, 0.4) is 0 Å². The largest absolute Gasteiger partial charge is 0.478 e. The van der Waals surface area contributed by atoms with Crippen molar-refractivity contribution in [2.45, 2.75) is 25.2 Å². The molecule has 144 valence electrons. The van der Waals surface area contributed by atoms with Crippen molar-refractivity contribution in [3.05, 3.63) is 69.6 Å². The highest BCUT2D eigenvalue weighted by atomic mass is 16.5. The zero-order valence-corrected chi connectivity index (χ0v) is 15.7. The maximum Gasteiger partial charge on any atom is 0.339 e. The Morgan fingerprint density at radius 2 is 1.79 bits per heavy atom. The van der Waals surface area contributed by atoms with Crippen LogP contribution in [0.15, 0.2) is 51.7 Å². The molecule has 0 saturated heterocycles. The molecule has 1 unspecified atom stereocenters. The van der Waals surface area contributed by atoms with Gasteiger partial charge in [-0.25, -0.2) is 4.79 Å². The van der Waals surface area contributed by atoms with Crippen molar-refractivity contribution in [1.29, 1.82) is 10.5 Å². The summed E-state index contributed by atoms with van der Waals surface area (Å²) >= 11 is 0. The van der Waals surface area contributed by atoms with Gasteiger partial charge in [-0.1, -0.05) is 30.3 Å². The monoisotopic (exact) mass is 386 g/mol. The van der Waals surface area contributed by atoms with Crippen LogP contribution in [-0.4, -0.2) is 13.2 Å². The zero-order valence-electron chi connectivity index (χ0n) is 15.7. The summed E-state index contributed by atoms with van der Waals surface area (Å²) in [6.07, 6.45) is 2.21. The SMILES string of the molecule is N#CCOc1cc(OCC#N)c2c3c(c(=O)oc2c1)CC(c1ccccc1)CC3. The first-order chi connectivity index (χ1) is 14.2. The lowest BCUT2D eigenvalue weighted by atomic mass is 9.80. The number of nitriles is 2. The van der Waals surface area contributed by atoms with Gasteiger partial charge in [0, 0.05) is 17.7 Å². The quantitative estimate of drug-likeness (QED) is 0.618. The maximum absolute atomic E-state index is 12.8. The molecular formula is C23H18N2O4. The molecule has 2 aromatic carbocycles. The second-order valence-corrected chi connectivity index (χ2v) is 6.89. The topological polar surface area (TPSA) is 96.2 Å². The van der Waals surface area contributed by atoms with Crippen LogP contribution in [0.1, 0.15) is 29.0 Å². The molecule has 6 nitrogen and oxygen atoms in total. The Bertz CT molecular complexity index is 1190. The first-order valence-electron chi connectivity index (χ1n) is 9.38. The predicted molar refractivity (Wildman–Crippen MR) is 106 cm³/mol. The van der Waals surface area contributed by atoms with Crippen LogP contribution in [-0.2, 0) is 12.8 Å². The lowest BCUT2D eigenvalue weighted by molar-refractivity contribution is 0.351. The van der Waals surface area contributed by atoms with Crippen LogP contribution in [0, 0.1) is 22.7 Å². The Kier molecular flexibility index (Phi) is 5.18. The summed E-state index contributed by atoms with van der Waals surface area (Å²) in [6.45, 7) is -0.283. The van der Waals surface area contributed by atoms with E-state index in [0.29, 0.717) is 40.9 Å². The number of hydrogen-bond donors (Lipinski definition) is 0. The van der Waals surface area contributed by atoms with Crippen LogP contribution in [0.4, 0.5) is 0 Å².